The van der Waals surface area contributed by atoms with E-state index in [1.807, 2.05) is 6.92 Å². The van der Waals surface area contributed by atoms with Crippen LogP contribution in [0.25, 0.3) is 0 Å². The Kier molecular flexibility index (Phi) is 2.42. The monoisotopic (exact) mass is 181 g/mol. The molecule has 3 nitrogen and oxygen atoms in total. The molecule has 2 N–H and O–H groups in total. The van der Waals surface area contributed by atoms with Crippen LogP contribution in [0.2, 0.25) is 0 Å². The second-order valence-electron chi connectivity index (χ2n) is 4.16. The molecule has 74 valence electrons. The van der Waals surface area contributed by atoms with E-state index in [4.69, 9.17) is 5.73 Å². The molecular weight excluding hydrogens is 162 g/mol. The van der Waals surface area contributed by atoms with Crippen LogP contribution in [0.4, 0.5) is 0 Å². The Labute approximate surface area is 80.0 Å². The van der Waals surface area contributed by atoms with Crippen molar-refractivity contribution in [2.45, 2.75) is 38.6 Å². The summed E-state index contributed by atoms with van der Waals surface area (Å²) in [6.07, 6.45) is 5.41. The Balaban J connectivity index is 1.90. The number of guanidine groups is 1. The fourth-order valence-corrected chi connectivity index (χ4v) is 1.65. The third kappa shape index (κ3) is 2.36. The summed E-state index contributed by atoms with van der Waals surface area (Å²) in [4.78, 5) is 6.61. The minimum Gasteiger partial charge on any atom is -0.370 e. The van der Waals surface area contributed by atoms with Crippen LogP contribution in [-0.2, 0) is 0 Å². The second kappa shape index (κ2) is 3.56. The number of hydrogen-bond acceptors (Lipinski definition) is 1. The molecular formula is C10H19N3. The van der Waals surface area contributed by atoms with Crippen molar-refractivity contribution in [1.29, 1.82) is 0 Å². The van der Waals surface area contributed by atoms with Gasteiger partial charge in [-0.2, -0.15) is 0 Å². The van der Waals surface area contributed by atoms with Gasteiger partial charge in [0.15, 0.2) is 5.96 Å². The van der Waals surface area contributed by atoms with Crippen molar-refractivity contribution in [1.82, 2.24) is 4.90 Å². The summed E-state index contributed by atoms with van der Waals surface area (Å²) in [5.41, 5.74) is 5.92. The summed E-state index contributed by atoms with van der Waals surface area (Å²) >= 11 is 0. The average Bonchev–Trinajstić information content (AvgIpc) is 2.95. The second-order valence-corrected chi connectivity index (χ2v) is 4.16. The van der Waals surface area contributed by atoms with E-state index in [-0.39, 0.29) is 0 Å². The van der Waals surface area contributed by atoms with Crippen molar-refractivity contribution in [3.8, 4) is 0 Å². The van der Waals surface area contributed by atoms with Crippen LogP contribution in [0.3, 0.4) is 0 Å². The van der Waals surface area contributed by atoms with E-state index < -0.39 is 0 Å². The van der Waals surface area contributed by atoms with Crippen LogP contribution in [0, 0.1) is 5.92 Å². The molecule has 0 aromatic rings. The molecule has 2 aliphatic rings. The summed E-state index contributed by atoms with van der Waals surface area (Å²) in [6.45, 7) is 3.99. The maximum atomic E-state index is 5.92. The van der Waals surface area contributed by atoms with Crippen molar-refractivity contribution >= 4 is 5.96 Å². The van der Waals surface area contributed by atoms with Gasteiger partial charge in [0.2, 0.25) is 0 Å². The number of rotatable bonds is 4. The molecule has 0 amide bonds. The predicted octanol–water partition coefficient (Wildman–Crippen LogP) is 1.20. The normalized spacial score (nSPS) is 23.3. The zero-order chi connectivity index (χ0) is 9.26. The van der Waals surface area contributed by atoms with E-state index in [9.17, 15) is 0 Å². The van der Waals surface area contributed by atoms with E-state index in [2.05, 4.69) is 9.89 Å². The van der Waals surface area contributed by atoms with Gasteiger partial charge in [-0.15, -0.1) is 0 Å². The fraction of sp³-hybridized carbons (Fsp3) is 0.900. The van der Waals surface area contributed by atoms with Crippen molar-refractivity contribution in [3.05, 3.63) is 0 Å². The molecule has 0 aliphatic heterocycles. The molecule has 2 rings (SSSR count). The first-order valence-electron chi connectivity index (χ1n) is 5.37. The molecule has 0 radical (unpaired) electrons. The number of nitrogens with zero attached hydrogens (tertiary/aromatic N) is 2. The minimum absolute atomic E-state index is 0.718. The molecule has 0 saturated heterocycles. The minimum atomic E-state index is 0.718. The van der Waals surface area contributed by atoms with Gasteiger partial charge in [-0.3, -0.25) is 4.99 Å². The van der Waals surface area contributed by atoms with Gasteiger partial charge < -0.3 is 10.6 Å². The summed E-state index contributed by atoms with van der Waals surface area (Å²) in [7, 11) is 0. The lowest BCUT2D eigenvalue weighted by molar-refractivity contribution is 0.385. The Morgan fingerprint density at radius 1 is 1.38 bits per heavy atom. The highest BCUT2D eigenvalue weighted by molar-refractivity contribution is 5.78. The van der Waals surface area contributed by atoms with Crippen LogP contribution in [0.15, 0.2) is 4.99 Å². The number of hydrogen-bond donors (Lipinski definition) is 1. The van der Waals surface area contributed by atoms with Crippen molar-refractivity contribution in [3.63, 3.8) is 0 Å². The molecule has 0 heterocycles. The largest absolute Gasteiger partial charge is 0.370 e. The standard InChI is InChI=1S/C10H19N3/c1-2-12-10(11)13(9-5-6-9)7-8-3-4-8/h8-9H,2-7H2,1H3,(H2,11,12). The van der Waals surface area contributed by atoms with Gasteiger partial charge in [0.05, 0.1) is 0 Å². The molecule has 2 aliphatic carbocycles. The third-order valence-electron chi connectivity index (χ3n) is 2.75. The third-order valence-corrected chi connectivity index (χ3v) is 2.75. The van der Waals surface area contributed by atoms with E-state index >= 15 is 0 Å². The Hall–Kier alpha value is -0.730. The molecule has 0 spiro atoms. The van der Waals surface area contributed by atoms with Crippen LogP contribution in [0.5, 0.6) is 0 Å². The van der Waals surface area contributed by atoms with Crippen molar-refractivity contribution in [2.75, 3.05) is 13.1 Å². The van der Waals surface area contributed by atoms with Crippen LogP contribution in [0.1, 0.15) is 32.6 Å². The lowest BCUT2D eigenvalue weighted by Crippen LogP contribution is -2.40. The molecule has 0 aromatic heterocycles. The van der Waals surface area contributed by atoms with Crippen LogP contribution in [-0.4, -0.2) is 30.0 Å². The van der Waals surface area contributed by atoms with Gasteiger partial charge in [-0.25, -0.2) is 0 Å². The molecule has 0 bridgehead atoms. The molecule has 2 saturated carbocycles. The summed E-state index contributed by atoms with van der Waals surface area (Å²) in [5.74, 6) is 1.68. The van der Waals surface area contributed by atoms with Crippen LogP contribution < -0.4 is 5.73 Å². The first kappa shape index (κ1) is 8.85. The lowest BCUT2D eigenvalue weighted by atomic mass is 10.3. The number of aliphatic imine (C=N–C) groups is 1. The summed E-state index contributed by atoms with van der Waals surface area (Å²) in [5, 5.41) is 0. The lowest BCUT2D eigenvalue weighted by Gasteiger charge is -2.23. The van der Waals surface area contributed by atoms with Gasteiger partial charge in [0.1, 0.15) is 0 Å². The molecule has 0 atom stereocenters. The first-order chi connectivity index (χ1) is 6.31. The van der Waals surface area contributed by atoms with Crippen molar-refractivity contribution in [2.24, 2.45) is 16.6 Å². The van der Waals surface area contributed by atoms with Crippen LogP contribution >= 0.6 is 0 Å². The van der Waals surface area contributed by atoms with E-state index in [1.54, 1.807) is 0 Å². The molecule has 0 aromatic carbocycles. The zero-order valence-corrected chi connectivity index (χ0v) is 8.37. The Morgan fingerprint density at radius 2 is 2.08 bits per heavy atom. The van der Waals surface area contributed by atoms with E-state index in [0.29, 0.717) is 0 Å². The summed E-state index contributed by atoms with van der Waals surface area (Å²) < 4.78 is 0. The molecule has 13 heavy (non-hydrogen) atoms. The van der Waals surface area contributed by atoms with E-state index in [1.165, 1.54) is 25.7 Å². The highest BCUT2D eigenvalue weighted by Crippen LogP contribution is 2.34. The van der Waals surface area contributed by atoms with Gasteiger partial charge in [0.25, 0.3) is 0 Å². The maximum absolute atomic E-state index is 5.92. The Bertz CT molecular complexity index is 204. The molecule has 0 unspecified atom stereocenters. The molecule has 2 fully saturated rings. The maximum Gasteiger partial charge on any atom is 0.191 e. The predicted molar refractivity (Wildman–Crippen MR) is 54.6 cm³/mol. The van der Waals surface area contributed by atoms with E-state index in [0.717, 1.165) is 31.0 Å². The van der Waals surface area contributed by atoms with Gasteiger partial charge >= 0.3 is 0 Å². The van der Waals surface area contributed by atoms with Gasteiger partial charge in [-0.05, 0) is 38.5 Å². The highest BCUT2D eigenvalue weighted by atomic mass is 15.3. The summed E-state index contributed by atoms with van der Waals surface area (Å²) in [6, 6.07) is 0.718. The van der Waals surface area contributed by atoms with Gasteiger partial charge in [-0.1, -0.05) is 0 Å². The Morgan fingerprint density at radius 3 is 2.54 bits per heavy atom. The smallest absolute Gasteiger partial charge is 0.191 e. The average molecular weight is 181 g/mol. The SMILES string of the molecule is CCN=C(N)N(CC1CC1)C1CC1. The fourth-order valence-electron chi connectivity index (χ4n) is 1.65. The van der Waals surface area contributed by atoms with Gasteiger partial charge in [0, 0.05) is 19.1 Å². The highest BCUT2D eigenvalue weighted by Gasteiger charge is 2.34. The topological polar surface area (TPSA) is 41.6 Å². The molecule has 3 heteroatoms. The first-order valence-corrected chi connectivity index (χ1v) is 5.37. The number of nitrogens with two attached hydrogens (primary N) is 1. The quantitative estimate of drug-likeness (QED) is 0.523. The zero-order valence-electron chi connectivity index (χ0n) is 8.37. The van der Waals surface area contributed by atoms with Crippen molar-refractivity contribution < 1.29 is 0 Å².